The average molecular weight is 250 g/mol. The first-order valence-electron chi connectivity index (χ1n) is 6.85. The van der Waals surface area contributed by atoms with Crippen molar-refractivity contribution in [2.75, 3.05) is 19.6 Å². The third kappa shape index (κ3) is 3.35. The first-order chi connectivity index (χ1) is 8.81. The van der Waals surface area contributed by atoms with Crippen molar-refractivity contribution in [1.29, 1.82) is 0 Å². The van der Waals surface area contributed by atoms with E-state index >= 15 is 0 Å². The number of hydrogen-bond acceptors (Lipinski definition) is 3. The van der Waals surface area contributed by atoms with Crippen molar-refractivity contribution in [2.24, 2.45) is 0 Å². The summed E-state index contributed by atoms with van der Waals surface area (Å²) < 4.78 is 5.51. The summed E-state index contributed by atoms with van der Waals surface area (Å²) in [5.41, 5.74) is 0. The third-order valence-electron chi connectivity index (χ3n) is 3.42. The molecular formula is C14H22N2O2. The van der Waals surface area contributed by atoms with Gasteiger partial charge in [-0.1, -0.05) is 6.92 Å². The van der Waals surface area contributed by atoms with Crippen molar-refractivity contribution in [2.45, 2.75) is 38.6 Å². The summed E-state index contributed by atoms with van der Waals surface area (Å²) in [7, 11) is 0. The molecule has 0 aromatic carbocycles. The number of carbonyl (C=O) groups is 1. The highest BCUT2D eigenvalue weighted by Gasteiger charge is 2.25. The molecule has 4 nitrogen and oxygen atoms in total. The van der Waals surface area contributed by atoms with Crippen LogP contribution in [0.15, 0.2) is 22.8 Å². The molecule has 1 saturated heterocycles. The molecule has 0 spiro atoms. The van der Waals surface area contributed by atoms with Crippen LogP contribution in [-0.4, -0.2) is 30.4 Å². The minimum absolute atomic E-state index is 0.133. The van der Waals surface area contributed by atoms with Gasteiger partial charge < -0.3 is 9.73 Å². The number of hydrogen-bond donors (Lipinski definition) is 1. The van der Waals surface area contributed by atoms with E-state index in [-0.39, 0.29) is 11.9 Å². The van der Waals surface area contributed by atoms with E-state index in [0.29, 0.717) is 13.0 Å². The quantitative estimate of drug-likeness (QED) is 0.843. The normalized spacial score (nSPS) is 17.8. The maximum atomic E-state index is 11.6. The molecule has 1 aliphatic heterocycles. The predicted octanol–water partition coefficient (Wildman–Crippen LogP) is 2.33. The Hall–Kier alpha value is -1.29. The van der Waals surface area contributed by atoms with E-state index in [1.807, 2.05) is 19.1 Å². The van der Waals surface area contributed by atoms with E-state index in [1.165, 1.54) is 12.8 Å². The molecule has 1 aromatic rings. The molecule has 0 aliphatic carbocycles. The molecule has 0 radical (unpaired) electrons. The number of rotatable bonds is 6. The monoisotopic (exact) mass is 250 g/mol. The Balaban J connectivity index is 1.94. The zero-order valence-electron chi connectivity index (χ0n) is 11.0. The number of likely N-dealkylation sites (tertiary alicyclic amines) is 1. The highest BCUT2D eigenvalue weighted by molar-refractivity contribution is 5.75. The van der Waals surface area contributed by atoms with E-state index in [1.54, 1.807) is 6.26 Å². The fourth-order valence-electron chi connectivity index (χ4n) is 2.47. The van der Waals surface area contributed by atoms with Gasteiger partial charge in [-0.05, 0) is 44.5 Å². The molecule has 2 rings (SSSR count). The van der Waals surface area contributed by atoms with Crippen molar-refractivity contribution in [3.05, 3.63) is 24.2 Å². The summed E-state index contributed by atoms with van der Waals surface area (Å²) in [5, 5.41) is 3.01. The summed E-state index contributed by atoms with van der Waals surface area (Å²) >= 11 is 0. The molecule has 1 atom stereocenters. The zero-order chi connectivity index (χ0) is 12.8. The molecular weight excluding hydrogens is 228 g/mol. The molecule has 1 aromatic heterocycles. The molecule has 1 aliphatic rings. The number of nitrogens with zero attached hydrogens (tertiary/aromatic N) is 1. The number of amides is 1. The summed E-state index contributed by atoms with van der Waals surface area (Å²) in [6, 6.07) is 4.09. The predicted molar refractivity (Wildman–Crippen MR) is 70.2 cm³/mol. The van der Waals surface area contributed by atoms with Crippen molar-refractivity contribution < 1.29 is 9.21 Å². The van der Waals surface area contributed by atoms with Gasteiger partial charge in [-0.15, -0.1) is 0 Å². The van der Waals surface area contributed by atoms with Gasteiger partial charge in [-0.3, -0.25) is 9.69 Å². The molecule has 1 N–H and O–H groups in total. The first-order valence-corrected chi connectivity index (χ1v) is 6.85. The van der Waals surface area contributed by atoms with Crippen molar-refractivity contribution in [1.82, 2.24) is 10.2 Å². The average Bonchev–Trinajstić information content (AvgIpc) is 3.02. The van der Waals surface area contributed by atoms with Crippen LogP contribution in [-0.2, 0) is 4.79 Å². The minimum atomic E-state index is 0.133. The molecule has 100 valence electrons. The van der Waals surface area contributed by atoms with Crippen LogP contribution in [0.1, 0.15) is 44.4 Å². The van der Waals surface area contributed by atoms with Gasteiger partial charge in [0.1, 0.15) is 5.76 Å². The third-order valence-corrected chi connectivity index (χ3v) is 3.42. The van der Waals surface area contributed by atoms with Gasteiger partial charge in [0.25, 0.3) is 0 Å². The Morgan fingerprint density at radius 1 is 1.50 bits per heavy atom. The fraction of sp³-hybridized carbons (Fsp3) is 0.643. The van der Waals surface area contributed by atoms with E-state index in [9.17, 15) is 4.79 Å². The first kappa shape index (κ1) is 13.1. The maximum absolute atomic E-state index is 11.6. The lowest BCUT2D eigenvalue weighted by Gasteiger charge is -2.25. The second kappa shape index (κ2) is 6.59. The van der Waals surface area contributed by atoms with E-state index in [4.69, 9.17) is 4.42 Å². The van der Waals surface area contributed by atoms with E-state index < -0.39 is 0 Å². The SMILES string of the molecule is CCCC(=O)NC[C@H](c1ccco1)N1CCCC1. The van der Waals surface area contributed by atoms with Crippen LogP contribution in [0.3, 0.4) is 0 Å². The molecule has 2 heterocycles. The van der Waals surface area contributed by atoms with Gasteiger partial charge in [-0.2, -0.15) is 0 Å². The Bertz CT molecular complexity index is 356. The Morgan fingerprint density at radius 3 is 2.89 bits per heavy atom. The van der Waals surface area contributed by atoms with Crippen LogP contribution in [0.2, 0.25) is 0 Å². The van der Waals surface area contributed by atoms with Gasteiger partial charge in [-0.25, -0.2) is 0 Å². The second-order valence-corrected chi connectivity index (χ2v) is 4.83. The van der Waals surface area contributed by atoms with Crippen molar-refractivity contribution in [3.8, 4) is 0 Å². The summed E-state index contributed by atoms with van der Waals surface area (Å²) in [6.45, 7) is 4.85. The zero-order valence-corrected chi connectivity index (χ0v) is 11.0. The highest BCUT2D eigenvalue weighted by Crippen LogP contribution is 2.24. The smallest absolute Gasteiger partial charge is 0.220 e. The topological polar surface area (TPSA) is 45.5 Å². The molecule has 1 amide bonds. The van der Waals surface area contributed by atoms with Crippen LogP contribution in [0, 0.1) is 0 Å². The van der Waals surface area contributed by atoms with Crippen molar-refractivity contribution in [3.63, 3.8) is 0 Å². The lowest BCUT2D eigenvalue weighted by Crippen LogP contribution is -2.36. The van der Waals surface area contributed by atoms with Gasteiger partial charge in [0, 0.05) is 13.0 Å². The number of carbonyl (C=O) groups excluding carboxylic acids is 1. The van der Waals surface area contributed by atoms with Crippen LogP contribution >= 0.6 is 0 Å². The van der Waals surface area contributed by atoms with Gasteiger partial charge >= 0.3 is 0 Å². The Labute approximate surface area is 108 Å². The lowest BCUT2D eigenvalue weighted by atomic mass is 10.2. The molecule has 0 saturated carbocycles. The largest absolute Gasteiger partial charge is 0.468 e. The number of furan rings is 1. The summed E-state index contributed by atoms with van der Waals surface area (Å²) in [6.07, 6.45) is 5.67. The highest BCUT2D eigenvalue weighted by atomic mass is 16.3. The summed E-state index contributed by atoms with van der Waals surface area (Å²) in [4.78, 5) is 14.0. The lowest BCUT2D eigenvalue weighted by molar-refractivity contribution is -0.121. The van der Waals surface area contributed by atoms with Crippen LogP contribution < -0.4 is 5.32 Å². The fourth-order valence-corrected chi connectivity index (χ4v) is 2.47. The summed E-state index contributed by atoms with van der Waals surface area (Å²) in [5.74, 6) is 1.09. The van der Waals surface area contributed by atoms with Crippen molar-refractivity contribution >= 4 is 5.91 Å². The molecule has 4 heteroatoms. The van der Waals surface area contributed by atoms with E-state index in [0.717, 1.165) is 25.3 Å². The minimum Gasteiger partial charge on any atom is -0.468 e. The molecule has 0 bridgehead atoms. The maximum Gasteiger partial charge on any atom is 0.220 e. The van der Waals surface area contributed by atoms with Crippen LogP contribution in [0.5, 0.6) is 0 Å². The van der Waals surface area contributed by atoms with E-state index in [2.05, 4.69) is 10.2 Å². The van der Waals surface area contributed by atoms with Gasteiger partial charge in [0.2, 0.25) is 5.91 Å². The molecule has 1 fully saturated rings. The van der Waals surface area contributed by atoms with Gasteiger partial charge in [0.05, 0.1) is 12.3 Å². The molecule has 0 unspecified atom stereocenters. The van der Waals surface area contributed by atoms with Gasteiger partial charge in [0.15, 0.2) is 0 Å². The second-order valence-electron chi connectivity index (χ2n) is 4.83. The standard InChI is InChI=1S/C14H22N2O2/c1-2-6-14(17)15-11-12(13-7-5-10-18-13)16-8-3-4-9-16/h5,7,10,12H,2-4,6,8-9,11H2,1H3,(H,15,17)/t12-/m1/s1. The molecule has 18 heavy (non-hydrogen) atoms. The van der Waals surface area contributed by atoms with Crippen LogP contribution in [0.25, 0.3) is 0 Å². The Kier molecular flexibility index (Phi) is 4.81. The van der Waals surface area contributed by atoms with Crippen LogP contribution in [0.4, 0.5) is 0 Å². The number of nitrogens with one attached hydrogen (secondary N) is 1. The Morgan fingerprint density at radius 2 is 2.28 bits per heavy atom.